The van der Waals surface area contributed by atoms with Crippen molar-refractivity contribution in [3.63, 3.8) is 0 Å². The van der Waals surface area contributed by atoms with E-state index < -0.39 is 0 Å². The van der Waals surface area contributed by atoms with E-state index in [1.54, 1.807) is 17.7 Å². The molecule has 0 bridgehead atoms. The van der Waals surface area contributed by atoms with Crippen LogP contribution >= 0.6 is 11.3 Å². The molecule has 0 unspecified atom stereocenters. The maximum atomic E-state index is 4.42. The lowest BCUT2D eigenvalue weighted by Crippen LogP contribution is -2.17. The molecule has 2 aromatic heterocycles. The molecule has 0 aromatic carbocycles. The van der Waals surface area contributed by atoms with Gasteiger partial charge in [-0.1, -0.05) is 20.8 Å². The third-order valence-electron chi connectivity index (χ3n) is 2.79. The van der Waals surface area contributed by atoms with Crippen LogP contribution in [0.1, 0.15) is 32.9 Å². The zero-order valence-electron chi connectivity index (χ0n) is 8.74. The molecule has 2 nitrogen and oxygen atoms in total. The van der Waals surface area contributed by atoms with Crippen LogP contribution in [-0.2, 0) is 5.41 Å². The molecule has 0 fully saturated rings. The van der Waals surface area contributed by atoms with Gasteiger partial charge in [-0.15, -0.1) is 11.3 Å². The highest BCUT2D eigenvalue weighted by Crippen LogP contribution is 2.31. The normalized spacial score (nSPS) is 12.2. The summed E-state index contributed by atoms with van der Waals surface area (Å²) in [6.45, 7) is 6.65. The fourth-order valence-electron chi connectivity index (χ4n) is 1.50. The number of rotatable bonds is 2. The van der Waals surface area contributed by atoms with Gasteiger partial charge in [0.05, 0.1) is 5.69 Å². The highest BCUT2D eigenvalue weighted by atomic mass is 32.1. The predicted octanol–water partition coefficient (Wildman–Crippen LogP) is 3.38. The molecule has 0 aliphatic rings. The summed E-state index contributed by atoms with van der Waals surface area (Å²) in [6.07, 6.45) is 2.76. The number of fused-ring (bicyclic) bond motifs is 1. The van der Waals surface area contributed by atoms with Crippen molar-refractivity contribution in [2.24, 2.45) is 0 Å². The second-order valence-electron chi connectivity index (χ2n) is 4.10. The molecular formula is C11H14N2S. The standard InChI is InChI=1S/C11H14N2S/c1-4-11(2,3)9-8-5-6-14-10(8)13-7-12-9/h5-7H,4H2,1-3H3. The zero-order valence-corrected chi connectivity index (χ0v) is 9.56. The average Bonchev–Trinajstić information content (AvgIpc) is 2.64. The summed E-state index contributed by atoms with van der Waals surface area (Å²) < 4.78 is 0. The monoisotopic (exact) mass is 206 g/mol. The molecule has 0 saturated heterocycles. The Morgan fingerprint density at radius 3 is 2.86 bits per heavy atom. The van der Waals surface area contributed by atoms with E-state index in [4.69, 9.17) is 0 Å². The Labute approximate surface area is 88.0 Å². The molecule has 3 heteroatoms. The summed E-state index contributed by atoms with van der Waals surface area (Å²) in [4.78, 5) is 9.77. The first-order valence-electron chi connectivity index (χ1n) is 4.84. The minimum absolute atomic E-state index is 0.141. The third-order valence-corrected chi connectivity index (χ3v) is 3.61. The maximum absolute atomic E-state index is 4.42. The molecule has 2 rings (SSSR count). The number of aromatic nitrogens is 2. The van der Waals surface area contributed by atoms with Gasteiger partial charge in [0.1, 0.15) is 11.2 Å². The molecule has 0 aliphatic carbocycles. The van der Waals surface area contributed by atoms with Crippen LogP contribution in [0.3, 0.4) is 0 Å². The Morgan fingerprint density at radius 1 is 1.36 bits per heavy atom. The summed E-state index contributed by atoms with van der Waals surface area (Å²) in [5, 5.41) is 3.29. The lowest BCUT2D eigenvalue weighted by molar-refractivity contribution is 0.495. The summed E-state index contributed by atoms with van der Waals surface area (Å²) in [5.41, 5.74) is 1.31. The van der Waals surface area contributed by atoms with Gasteiger partial charge in [-0.3, -0.25) is 0 Å². The molecule has 2 heterocycles. The first kappa shape index (κ1) is 9.59. The van der Waals surface area contributed by atoms with E-state index in [0.717, 1.165) is 11.3 Å². The topological polar surface area (TPSA) is 25.8 Å². The van der Waals surface area contributed by atoms with E-state index in [1.165, 1.54) is 11.1 Å². The van der Waals surface area contributed by atoms with E-state index >= 15 is 0 Å². The van der Waals surface area contributed by atoms with Gasteiger partial charge in [-0.05, 0) is 17.9 Å². The van der Waals surface area contributed by atoms with Crippen molar-refractivity contribution in [2.45, 2.75) is 32.6 Å². The Kier molecular flexibility index (Phi) is 2.27. The second kappa shape index (κ2) is 3.31. The van der Waals surface area contributed by atoms with Gasteiger partial charge in [0.25, 0.3) is 0 Å². The highest BCUT2D eigenvalue weighted by Gasteiger charge is 2.22. The van der Waals surface area contributed by atoms with Gasteiger partial charge in [0.15, 0.2) is 0 Å². The molecule has 0 atom stereocenters. The van der Waals surface area contributed by atoms with Crippen LogP contribution in [0, 0.1) is 0 Å². The van der Waals surface area contributed by atoms with Crippen molar-refractivity contribution >= 4 is 21.6 Å². The average molecular weight is 206 g/mol. The molecule has 0 saturated carbocycles. The minimum atomic E-state index is 0.141. The Hall–Kier alpha value is -0.960. The molecular weight excluding hydrogens is 192 g/mol. The van der Waals surface area contributed by atoms with Crippen molar-refractivity contribution in [1.29, 1.82) is 0 Å². The fourth-order valence-corrected chi connectivity index (χ4v) is 2.23. The first-order chi connectivity index (χ1) is 6.65. The van der Waals surface area contributed by atoms with E-state index in [1.807, 2.05) is 0 Å². The van der Waals surface area contributed by atoms with Gasteiger partial charge in [-0.2, -0.15) is 0 Å². The minimum Gasteiger partial charge on any atom is -0.240 e. The molecule has 0 amide bonds. The summed E-state index contributed by atoms with van der Waals surface area (Å²) >= 11 is 1.68. The maximum Gasteiger partial charge on any atom is 0.126 e. The van der Waals surface area contributed by atoms with E-state index in [9.17, 15) is 0 Å². The Bertz CT molecular complexity index is 445. The van der Waals surface area contributed by atoms with Gasteiger partial charge in [0, 0.05) is 10.8 Å². The van der Waals surface area contributed by atoms with Crippen molar-refractivity contribution < 1.29 is 0 Å². The number of thiophene rings is 1. The van der Waals surface area contributed by atoms with Gasteiger partial charge in [0.2, 0.25) is 0 Å². The molecule has 14 heavy (non-hydrogen) atoms. The quantitative estimate of drug-likeness (QED) is 0.752. The molecule has 0 radical (unpaired) electrons. The summed E-state index contributed by atoms with van der Waals surface area (Å²) in [7, 11) is 0. The Balaban J connectivity index is 2.67. The van der Waals surface area contributed by atoms with Crippen molar-refractivity contribution in [2.75, 3.05) is 0 Å². The largest absolute Gasteiger partial charge is 0.240 e. The lowest BCUT2D eigenvalue weighted by atomic mass is 9.85. The van der Waals surface area contributed by atoms with Crippen LogP contribution in [0.15, 0.2) is 17.8 Å². The van der Waals surface area contributed by atoms with Gasteiger partial charge < -0.3 is 0 Å². The van der Waals surface area contributed by atoms with Crippen LogP contribution in [0.25, 0.3) is 10.2 Å². The molecule has 74 valence electrons. The van der Waals surface area contributed by atoms with E-state index in [-0.39, 0.29) is 5.41 Å². The van der Waals surface area contributed by atoms with Crippen molar-refractivity contribution in [3.05, 3.63) is 23.5 Å². The zero-order chi connectivity index (χ0) is 10.2. The summed E-state index contributed by atoms with van der Waals surface area (Å²) in [6, 6.07) is 2.12. The predicted molar refractivity (Wildman–Crippen MR) is 60.7 cm³/mol. The number of hydrogen-bond donors (Lipinski definition) is 0. The van der Waals surface area contributed by atoms with Crippen LogP contribution < -0.4 is 0 Å². The first-order valence-corrected chi connectivity index (χ1v) is 5.72. The number of hydrogen-bond acceptors (Lipinski definition) is 3. The SMILES string of the molecule is CCC(C)(C)c1ncnc2sccc12. The third kappa shape index (κ3) is 1.42. The fraction of sp³-hybridized carbons (Fsp3) is 0.455. The van der Waals surface area contributed by atoms with Crippen molar-refractivity contribution in [1.82, 2.24) is 9.97 Å². The smallest absolute Gasteiger partial charge is 0.126 e. The van der Waals surface area contributed by atoms with Crippen LogP contribution in [0.5, 0.6) is 0 Å². The lowest BCUT2D eigenvalue weighted by Gasteiger charge is -2.22. The van der Waals surface area contributed by atoms with Crippen LogP contribution in [-0.4, -0.2) is 9.97 Å². The second-order valence-corrected chi connectivity index (χ2v) is 4.99. The van der Waals surface area contributed by atoms with Gasteiger partial charge >= 0.3 is 0 Å². The van der Waals surface area contributed by atoms with Gasteiger partial charge in [-0.25, -0.2) is 9.97 Å². The Morgan fingerprint density at radius 2 is 2.14 bits per heavy atom. The van der Waals surface area contributed by atoms with Crippen molar-refractivity contribution in [3.8, 4) is 0 Å². The molecule has 2 aromatic rings. The molecule has 0 N–H and O–H groups in total. The molecule has 0 aliphatic heterocycles. The molecule has 0 spiro atoms. The highest BCUT2D eigenvalue weighted by molar-refractivity contribution is 7.16. The van der Waals surface area contributed by atoms with E-state index in [2.05, 4.69) is 42.2 Å². The van der Waals surface area contributed by atoms with Crippen LogP contribution in [0.2, 0.25) is 0 Å². The number of nitrogens with zero attached hydrogens (tertiary/aromatic N) is 2. The van der Waals surface area contributed by atoms with E-state index in [0.29, 0.717) is 0 Å². The van der Waals surface area contributed by atoms with Crippen LogP contribution in [0.4, 0.5) is 0 Å². The summed E-state index contributed by atoms with van der Waals surface area (Å²) in [5.74, 6) is 0.